The molecule has 0 bridgehead atoms. The molecule has 0 radical (unpaired) electrons. The molecular weight excluding hydrogens is 371 g/mol. The smallest absolute Gasteiger partial charge is 0.256 e. The maximum absolute atomic E-state index is 13.0. The van der Waals surface area contributed by atoms with E-state index in [1.807, 2.05) is 30.0 Å². The van der Waals surface area contributed by atoms with Crippen LogP contribution in [-0.2, 0) is 20.7 Å². The minimum Gasteiger partial charge on any atom is -0.368 e. The fourth-order valence-electron chi connectivity index (χ4n) is 4.00. The first-order chi connectivity index (χ1) is 14.0. The van der Waals surface area contributed by atoms with Crippen molar-refractivity contribution in [3.05, 3.63) is 59.4 Å². The molecule has 2 aromatic carbocycles. The highest BCUT2D eigenvalue weighted by Gasteiger charge is 2.31. The van der Waals surface area contributed by atoms with E-state index in [9.17, 15) is 14.0 Å². The number of aryl methyl sites for hydroxylation is 1. The summed E-state index contributed by atoms with van der Waals surface area (Å²) in [5.74, 6) is -0.819. The molecule has 152 valence electrons. The fourth-order valence-corrected chi connectivity index (χ4v) is 4.00. The molecule has 1 N–H and O–H groups in total. The zero-order valence-corrected chi connectivity index (χ0v) is 16.5. The van der Waals surface area contributed by atoms with E-state index in [-0.39, 0.29) is 29.7 Å². The van der Waals surface area contributed by atoms with Crippen molar-refractivity contribution in [1.29, 1.82) is 0 Å². The van der Waals surface area contributed by atoms with E-state index in [0.717, 1.165) is 42.5 Å². The first kappa shape index (κ1) is 19.6. The first-order valence-electron chi connectivity index (χ1n) is 10.1. The number of anilines is 2. The van der Waals surface area contributed by atoms with Gasteiger partial charge in [0.05, 0.1) is 5.92 Å². The van der Waals surface area contributed by atoms with Crippen molar-refractivity contribution in [3.8, 4) is 0 Å². The summed E-state index contributed by atoms with van der Waals surface area (Å²) < 4.78 is 18.6. The molecule has 1 fully saturated rings. The van der Waals surface area contributed by atoms with Gasteiger partial charge in [0.1, 0.15) is 11.9 Å². The zero-order valence-electron chi connectivity index (χ0n) is 16.5. The van der Waals surface area contributed by atoms with Crippen molar-refractivity contribution in [2.75, 3.05) is 23.4 Å². The Bertz CT molecular complexity index is 907. The molecule has 2 aliphatic heterocycles. The predicted molar refractivity (Wildman–Crippen MR) is 110 cm³/mol. The van der Waals surface area contributed by atoms with Crippen LogP contribution in [0.3, 0.4) is 0 Å². The Morgan fingerprint density at radius 1 is 1.17 bits per heavy atom. The van der Waals surface area contributed by atoms with E-state index in [1.165, 1.54) is 12.1 Å². The van der Waals surface area contributed by atoms with Gasteiger partial charge in [0.15, 0.2) is 0 Å². The van der Waals surface area contributed by atoms with Crippen LogP contribution in [-0.4, -0.2) is 31.1 Å². The van der Waals surface area contributed by atoms with Crippen LogP contribution in [0.5, 0.6) is 0 Å². The Morgan fingerprint density at radius 3 is 2.69 bits per heavy atom. The van der Waals surface area contributed by atoms with Gasteiger partial charge in [0.2, 0.25) is 5.91 Å². The summed E-state index contributed by atoms with van der Waals surface area (Å²) >= 11 is 0. The third-order valence-electron chi connectivity index (χ3n) is 5.70. The number of carbonyl (C=O) groups is 2. The lowest BCUT2D eigenvalue weighted by molar-refractivity contribution is -0.127. The van der Waals surface area contributed by atoms with E-state index in [1.54, 1.807) is 12.1 Å². The second-order valence-corrected chi connectivity index (χ2v) is 7.70. The first-order valence-corrected chi connectivity index (χ1v) is 10.1. The van der Waals surface area contributed by atoms with Gasteiger partial charge in [-0.1, -0.05) is 12.1 Å². The minimum atomic E-state index is -0.366. The van der Waals surface area contributed by atoms with Gasteiger partial charge in [-0.25, -0.2) is 4.39 Å². The third-order valence-corrected chi connectivity index (χ3v) is 5.70. The quantitative estimate of drug-likeness (QED) is 0.849. The molecule has 2 aliphatic rings. The number of rotatable bonds is 4. The van der Waals surface area contributed by atoms with Crippen LogP contribution in [0.15, 0.2) is 42.5 Å². The minimum absolute atomic E-state index is 0.0401. The highest BCUT2D eigenvalue weighted by molar-refractivity contribution is 5.98. The van der Waals surface area contributed by atoms with Crippen LogP contribution >= 0.6 is 0 Å². The number of nitrogens with zero attached hydrogens (tertiary/aromatic N) is 1. The maximum Gasteiger partial charge on any atom is 0.256 e. The van der Waals surface area contributed by atoms with Crippen LogP contribution in [0.4, 0.5) is 15.8 Å². The highest BCUT2D eigenvalue weighted by Crippen LogP contribution is 2.32. The van der Waals surface area contributed by atoms with Crippen LogP contribution in [0, 0.1) is 5.82 Å². The largest absolute Gasteiger partial charge is 0.368 e. The molecule has 2 aromatic rings. The zero-order chi connectivity index (χ0) is 20.4. The SMILES string of the molecule is C[C@H](C(=O)Nc1ccc(F)cc1)c1ccc2c(c1)CCCN2C(=O)[C@@H]1CCCO1. The van der Waals surface area contributed by atoms with Gasteiger partial charge < -0.3 is 15.0 Å². The molecule has 0 saturated carbocycles. The summed E-state index contributed by atoms with van der Waals surface area (Å²) in [6.45, 7) is 3.20. The van der Waals surface area contributed by atoms with E-state index in [2.05, 4.69) is 5.32 Å². The summed E-state index contributed by atoms with van der Waals surface area (Å²) in [5.41, 5.74) is 3.47. The normalized spacial score (nSPS) is 19.5. The molecule has 2 amide bonds. The summed E-state index contributed by atoms with van der Waals surface area (Å²) in [5, 5.41) is 2.82. The van der Waals surface area contributed by atoms with E-state index in [4.69, 9.17) is 4.74 Å². The molecule has 2 atom stereocenters. The number of amides is 2. The Labute approximate surface area is 169 Å². The standard InChI is InChI=1S/C23H25FN2O3/c1-15(22(27)25-19-9-7-18(24)8-10-19)16-6-11-20-17(14-16)4-2-12-26(20)23(28)21-5-3-13-29-21/h6-11,14-15,21H,2-5,12-13H2,1H3,(H,25,27)/t15-,21-/m0/s1. The highest BCUT2D eigenvalue weighted by atomic mass is 19.1. The number of benzene rings is 2. The second kappa shape index (κ2) is 8.33. The van der Waals surface area contributed by atoms with Gasteiger partial charge in [-0.3, -0.25) is 9.59 Å². The molecule has 2 heterocycles. The number of halogens is 1. The molecule has 5 nitrogen and oxygen atoms in total. The number of hydrogen-bond donors (Lipinski definition) is 1. The van der Waals surface area contributed by atoms with Crippen LogP contribution in [0.1, 0.15) is 43.2 Å². The van der Waals surface area contributed by atoms with Gasteiger partial charge in [-0.05, 0) is 74.1 Å². The van der Waals surface area contributed by atoms with Gasteiger partial charge in [-0.15, -0.1) is 0 Å². The molecule has 29 heavy (non-hydrogen) atoms. The lowest BCUT2D eigenvalue weighted by atomic mass is 9.93. The monoisotopic (exact) mass is 396 g/mol. The molecule has 6 heteroatoms. The molecule has 0 spiro atoms. The van der Waals surface area contributed by atoms with Gasteiger partial charge in [0, 0.05) is 24.5 Å². The number of ether oxygens (including phenoxy) is 1. The Balaban J connectivity index is 1.50. The van der Waals surface area contributed by atoms with Crippen molar-refractivity contribution in [2.24, 2.45) is 0 Å². The lowest BCUT2D eigenvalue weighted by Crippen LogP contribution is -2.42. The van der Waals surface area contributed by atoms with Gasteiger partial charge in [-0.2, -0.15) is 0 Å². The number of fused-ring (bicyclic) bond motifs is 1. The van der Waals surface area contributed by atoms with Crippen molar-refractivity contribution >= 4 is 23.2 Å². The average molecular weight is 396 g/mol. The summed E-state index contributed by atoms with van der Waals surface area (Å²) in [7, 11) is 0. The third kappa shape index (κ3) is 4.17. The average Bonchev–Trinajstić information content (AvgIpc) is 3.28. The number of carbonyl (C=O) groups excluding carboxylic acids is 2. The Morgan fingerprint density at radius 2 is 1.97 bits per heavy atom. The molecule has 4 rings (SSSR count). The van der Waals surface area contributed by atoms with Crippen molar-refractivity contribution < 1.29 is 18.7 Å². The molecule has 0 aliphatic carbocycles. The van der Waals surface area contributed by atoms with Crippen LogP contribution in [0.25, 0.3) is 0 Å². The number of hydrogen-bond acceptors (Lipinski definition) is 3. The molecule has 0 unspecified atom stereocenters. The summed E-state index contributed by atoms with van der Waals surface area (Å²) in [6, 6.07) is 11.6. The van der Waals surface area contributed by atoms with E-state index >= 15 is 0 Å². The fraction of sp³-hybridized carbons (Fsp3) is 0.391. The van der Waals surface area contributed by atoms with Crippen LogP contribution in [0.2, 0.25) is 0 Å². The van der Waals surface area contributed by atoms with Crippen molar-refractivity contribution in [2.45, 2.75) is 44.6 Å². The number of nitrogens with one attached hydrogen (secondary N) is 1. The molecule has 0 aromatic heterocycles. The molecule has 1 saturated heterocycles. The van der Waals surface area contributed by atoms with Crippen molar-refractivity contribution in [3.63, 3.8) is 0 Å². The summed E-state index contributed by atoms with van der Waals surface area (Å²) in [4.78, 5) is 27.3. The maximum atomic E-state index is 13.0. The van der Waals surface area contributed by atoms with Crippen LogP contribution < -0.4 is 10.2 Å². The van der Waals surface area contributed by atoms with Gasteiger partial charge >= 0.3 is 0 Å². The van der Waals surface area contributed by atoms with Crippen molar-refractivity contribution in [1.82, 2.24) is 0 Å². The lowest BCUT2D eigenvalue weighted by Gasteiger charge is -2.31. The Kier molecular flexibility index (Phi) is 5.62. The predicted octanol–water partition coefficient (Wildman–Crippen LogP) is 4.03. The topological polar surface area (TPSA) is 58.6 Å². The second-order valence-electron chi connectivity index (χ2n) is 7.70. The van der Waals surface area contributed by atoms with E-state index in [0.29, 0.717) is 18.8 Å². The van der Waals surface area contributed by atoms with E-state index < -0.39 is 0 Å². The van der Waals surface area contributed by atoms with Gasteiger partial charge in [0.25, 0.3) is 5.91 Å². The Hall–Kier alpha value is -2.73. The molecular formula is C23H25FN2O3. The summed E-state index contributed by atoms with van der Waals surface area (Å²) in [6.07, 6.45) is 3.15.